The highest BCUT2D eigenvalue weighted by atomic mass is 32.3. The molecule has 0 amide bonds. The maximum absolute atomic E-state index is 10.2. The van der Waals surface area contributed by atoms with E-state index in [9.17, 15) is 9.11 Å². The molecular formula is C17H14O3S. The van der Waals surface area contributed by atoms with Crippen LogP contribution in [0, 0.1) is 0 Å². The topological polar surface area (TPSA) is 53.6 Å². The molecule has 3 aromatic rings. The molecule has 0 fully saturated rings. The van der Waals surface area contributed by atoms with Crippen molar-refractivity contribution in [2.45, 2.75) is 6.42 Å². The predicted molar refractivity (Wildman–Crippen MR) is 88.3 cm³/mol. The van der Waals surface area contributed by atoms with Crippen molar-refractivity contribution in [3.05, 3.63) is 65.6 Å². The second kappa shape index (κ2) is 4.49. The molecule has 0 bridgehead atoms. The van der Waals surface area contributed by atoms with E-state index in [1.165, 1.54) is 5.41 Å². The molecule has 21 heavy (non-hydrogen) atoms. The summed E-state index contributed by atoms with van der Waals surface area (Å²) in [6, 6.07) is 13.7. The number of hydrogen-bond donors (Lipinski definition) is 2. The Hall–Kier alpha value is -2.01. The molecule has 4 heteroatoms. The zero-order chi connectivity index (χ0) is 14.4. The van der Waals surface area contributed by atoms with Gasteiger partial charge < -0.3 is 4.42 Å². The molecule has 0 saturated carbocycles. The van der Waals surface area contributed by atoms with E-state index >= 15 is 0 Å². The zero-order valence-corrected chi connectivity index (χ0v) is 12.0. The van der Waals surface area contributed by atoms with Gasteiger partial charge in [0.15, 0.2) is 0 Å². The van der Waals surface area contributed by atoms with E-state index in [1.54, 1.807) is 6.08 Å². The van der Waals surface area contributed by atoms with Crippen LogP contribution in [0.15, 0.2) is 64.4 Å². The first-order chi connectivity index (χ1) is 10.1. The molecule has 4 rings (SSSR count). The van der Waals surface area contributed by atoms with Gasteiger partial charge in [0.2, 0.25) is 0 Å². The highest BCUT2D eigenvalue weighted by molar-refractivity contribution is 8.34. The standard InChI is InChI=1S/C17H14O3S/c18-21(19)10-4-3-7-17(21)12-8-9-14-13-5-1-2-6-15(13)20-16(14)11-12/h1-2,4-11,18-19H,3H2. The maximum Gasteiger partial charge on any atom is 0.136 e. The van der Waals surface area contributed by atoms with Gasteiger partial charge in [-0.15, -0.1) is 10.6 Å². The SMILES string of the molecule is OS1(O)C=CCC=C1c1ccc2c(c1)oc1ccccc12. The average molecular weight is 298 g/mol. The lowest BCUT2D eigenvalue weighted by molar-refractivity contribution is 0.512. The Labute approximate surface area is 123 Å². The van der Waals surface area contributed by atoms with Gasteiger partial charge in [-0.3, -0.25) is 9.11 Å². The van der Waals surface area contributed by atoms with Crippen LogP contribution >= 0.6 is 10.6 Å². The van der Waals surface area contributed by atoms with Gasteiger partial charge in [0, 0.05) is 21.7 Å². The number of furan rings is 1. The number of fused-ring (bicyclic) bond motifs is 3. The first-order valence-electron chi connectivity index (χ1n) is 6.72. The summed E-state index contributed by atoms with van der Waals surface area (Å²) in [5.74, 6) is 0. The molecule has 0 unspecified atom stereocenters. The second-order valence-electron chi connectivity index (χ2n) is 5.08. The highest BCUT2D eigenvalue weighted by Gasteiger charge is 2.20. The van der Waals surface area contributed by atoms with Crippen molar-refractivity contribution in [3.63, 3.8) is 0 Å². The zero-order valence-electron chi connectivity index (χ0n) is 11.2. The maximum atomic E-state index is 10.2. The average Bonchev–Trinajstić information content (AvgIpc) is 2.84. The third-order valence-electron chi connectivity index (χ3n) is 3.71. The number of hydrogen-bond acceptors (Lipinski definition) is 3. The van der Waals surface area contributed by atoms with Crippen LogP contribution in [-0.2, 0) is 0 Å². The molecule has 1 aliphatic rings. The van der Waals surface area contributed by atoms with Crippen molar-refractivity contribution < 1.29 is 13.5 Å². The minimum absolute atomic E-state index is 0.576. The number of rotatable bonds is 1. The summed E-state index contributed by atoms with van der Waals surface area (Å²) in [6.45, 7) is 0. The van der Waals surface area contributed by atoms with Crippen molar-refractivity contribution in [3.8, 4) is 0 Å². The van der Waals surface area contributed by atoms with Gasteiger partial charge in [0.05, 0.1) is 4.91 Å². The van der Waals surface area contributed by atoms with Crippen LogP contribution in [0.2, 0.25) is 0 Å². The summed E-state index contributed by atoms with van der Waals surface area (Å²) in [7, 11) is -2.84. The van der Waals surface area contributed by atoms with Crippen LogP contribution in [0.3, 0.4) is 0 Å². The quantitative estimate of drug-likeness (QED) is 0.615. The summed E-state index contributed by atoms with van der Waals surface area (Å²) in [5, 5.41) is 3.60. The van der Waals surface area contributed by atoms with E-state index in [1.807, 2.05) is 48.5 Å². The van der Waals surface area contributed by atoms with Crippen molar-refractivity contribution in [2.24, 2.45) is 0 Å². The van der Waals surface area contributed by atoms with E-state index in [-0.39, 0.29) is 0 Å². The highest BCUT2D eigenvalue weighted by Crippen LogP contribution is 2.56. The molecule has 0 saturated heterocycles. The fraction of sp³-hybridized carbons (Fsp3) is 0.0588. The van der Waals surface area contributed by atoms with Gasteiger partial charge in [-0.2, -0.15) is 0 Å². The summed E-state index contributed by atoms with van der Waals surface area (Å²) in [6.07, 6.45) is 4.35. The molecule has 0 atom stereocenters. The Morgan fingerprint density at radius 3 is 2.62 bits per heavy atom. The van der Waals surface area contributed by atoms with Crippen LogP contribution in [-0.4, -0.2) is 9.11 Å². The molecule has 106 valence electrons. The first-order valence-corrected chi connectivity index (χ1v) is 8.33. The number of benzene rings is 2. The van der Waals surface area contributed by atoms with Crippen LogP contribution in [0.1, 0.15) is 12.0 Å². The Kier molecular flexibility index (Phi) is 2.72. The first kappa shape index (κ1) is 12.7. The number of para-hydroxylation sites is 1. The molecular weight excluding hydrogens is 284 g/mol. The minimum Gasteiger partial charge on any atom is -0.456 e. The van der Waals surface area contributed by atoms with E-state index in [4.69, 9.17) is 4.42 Å². The smallest absolute Gasteiger partial charge is 0.136 e. The van der Waals surface area contributed by atoms with E-state index in [2.05, 4.69) is 0 Å². The summed E-state index contributed by atoms with van der Waals surface area (Å²) in [5.41, 5.74) is 2.40. The van der Waals surface area contributed by atoms with Crippen molar-refractivity contribution in [1.29, 1.82) is 0 Å². The summed E-state index contributed by atoms with van der Waals surface area (Å²) in [4.78, 5) is 0.576. The monoisotopic (exact) mass is 298 g/mol. The summed E-state index contributed by atoms with van der Waals surface area (Å²) >= 11 is 0. The van der Waals surface area contributed by atoms with Crippen LogP contribution in [0.4, 0.5) is 0 Å². The Morgan fingerprint density at radius 2 is 1.76 bits per heavy atom. The molecule has 1 aromatic heterocycles. The predicted octanol–water partition coefficient (Wildman–Crippen LogP) is 5.59. The molecule has 2 aromatic carbocycles. The van der Waals surface area contributed by atoms with Crippen molar-refractivity contribution in [1.82, 2.24) is 0 Å². The van der Waals surface area contributed by atoms with Gasteiger partial charge in [0.1, 0.15) is 11.2 Å². The molecule has 3 nitrogen and oxygen atoms in total. The number of allylic oxidation sites excluding steroid dienone is 2. The van der Waals surface area contributed by atoms with E-state index in [0.717, 1.165) is 27.5 Å². The van der Waals surface area contributed by atoms with Crippen molar-refractivity contribution >= 4 is 37.4 Å². The normalized spacial score (nSPS) is 18.9. The van der Waals surface area contributed by atoms with Crippen LogP contribution < -0.4 is 0 Å². The lowest BCUT2D eigenvalue weighted by Gasteiger charge is -2.33. The fourth-order valence-electron chi connectivity index (χ4n) is 2.73. The van der Waals surface area contributed by atoms with Crippen LogP contribution in [0.25, 0.3) is 26.8 Å². The van der Waals surface area contributed by atoms with Gasteiger partial charge in [-0.25, -0.2) is 0 Å². The Balaban J connectivity index is 1.92. The van der Waals surface area contributed by atoms with Crippen LogP contribution in [0.5, 0.6) is 0 Å². The Bertz CT molecular complexity index is 903. The Morgan fingerprint density at radius 1 is 0.952 bits per heavy atom. The van der Waals surface area contributed by atoms with Gasteiger partial charge in [-0.05, 0) is 24.6 Å². The molecule has 1 aliphatic heterocycles. The molecule has 0 radical (unpaired) electrons. The third kappa shape index (κ3) is 2.00. The molecule has 2 N–H and O–H groups in total. The van der Waals surface area contributed by atoms with Gasteiger partial charge >= 0.3 is 0 Å². The van der Waals surface area contributed by atoms with E-state index in [0.29, 0.717) is 11.3 Å². The minimum atomic E-state index is -2.84. The molecule has 2 heterocycles. The lowest BCUT2D eigenvalue weighted by atomic mass is 10.1. The molecule has 0 aliphatic carbocycles. The fourth-order valence-corrected chi connectivity index (χ4v) is 4.07. The third-order valence-corrected chi connectivity index (χ3v) is 5.33. The summed E-state index contributed by atoms with van der Waals surface area (Å²) < 4.78 is 26.2. The molecule has 0 spiro atoms. The largest absolute Gasteiger partial charge is 0.456 e. The lowest BCUT2D eigenvalue weighted by Crippen LogP contribution is -2.00. The van der Waals surface area contributed by atoms with Crippen molar-refractivity contribution in [2.75, 3.05) is 0 Å². The van der Waals surface area contributed by atoms with E-state index < -0.39 is 10.6 Å². The van der Waals surface area contributed by atoms with Gasteiger partial charge in [-0.1, -0.05) is 36.4 Å². The second-order valence-corrected chi connectivity index (χ2v) is 6.98. The van der Waals surface area contributed by atoms with Gasteiger partial charge in [0.25, 0.3) is 0 Å².